The lowest BCUT2D eigenvalue weighted by Gasteiger charge is -2.33. The van der Waals surface area contributed by atoms with Crippen molar-refractivity contribution < 1.29 is 8.78 Å². The number of nitrogens with one attached hydrogen (secondary N) is 2. The van der Waals surface area contributed by atoms with Crippen molar-refractivity contribution in [2.45, 2.75) is 64.0 Å². The van der Waals surface area contributed by atoms with Crippen molar-refractivity contribution in [1.82, 2.24) is 15.5 Å². The van der Waals surface area contributed by atoms with E-state index in [0.717, 1.165) is 38.3 Å². The van der Waals surface area contributed by atoms with Gasteiger partial charge in [-0.05, 0) is 51.3 Å². The van der Waals surface area contributed by atoms with E-state index in [1.54, 1.807) is 0 Å². The molecule has 1 aromatic rings. The minimum absolute atomic E-state index is 0.0406. The van der Waals surface area contributed by atoms with Crippen LogP contribution >= 0.6 is 0 Å². The normalized spacial score (nSPS) is 24.1. The third-order valence-electron chi connectivity index (χ3n) is 5.56. The smallest absolute Gasteiger partial charge is 0.191 e. The summed E-state index contributed by atoms with van der Waals surface area (Å²) in [7, 11) is 0. The molecule has 2 fully saturated rings. The zero-order valence-electron chi connectivity index (χ0n) is 16.5. The number of nitrogens with zero attached hydrogens (tertiary/aromatic N) is 2. The predicted molar refractivity (Wildman–Crippen MR) is 106 cm³/mol. The number of likely N-dealkylation sites (tertiary alicyclic amines) is 1. The molecule has 27 heavy (non-hydrogen) atoms. The highest BCUT2D eigenvalue weighted by atomic mass is 19.1. The van der Waals surface area contributed by atoms with Gasteiger partial charge in [-0.2, -0.15) is 0 Å². The van der Waals surface area contributed by atoms with Gasteiger partial charge in [-0.25, -0.2) is 8.78 Å². The minimum atomic E-state index is -0.453. The molecule has 3 rings (SSSR count). The van der Waals surface area contributed by atoms with E-state index in [1.807, 2.05) is 6.92 Å². The highest BCUT2D eigenvalue weighted by Crippen LogP contribution is 2.43. The molecule has 0 bridgehead atoms. The summed E-state index contributed by atoms with van der Waals surface area (Å²) < 4.78 is 28.0. The average molecular weight is 379 g/mol. The van der Waals surface area contributed by atoms with Crippen LogP contribution in [0, 0.1) is 11.6 Å². The van der Waals surface area contributed by atoms with Gasteiger partial charge in [-0.1, -0.05) is 19.4 Å². The second-order valence-electron chi connectivity index (χ2n) is 7.67. The molecular weight excluding hydrogens is 346 g/mol. The van der Waals surface area contributed by atoms with Crippen LogP contribution in [-0.4, -0.2) is 49.1 Å². The first-order chi connectivity index (χ1) is 13.1. The van der Waals surface area contributed by atoms with Crippen molar-refractivity contribution >= 4 is 5.96 Å². The molecule has 2 unspecified atom stereocenters. The summed E-state index contributed by atoms with van der Waals surface area (Å²) in [5.41, 5.74) is 0.204. The Morgan fingerprint density at radius 1 is 1.15 bits per heavy atom. The summed E-state index contributed by atoms with van der Waals surface area (Å²) in [6, 6.07) is 4.53. The monoisotopic (exact) mass is 378 g/mol. The Kier molecular flexibility index (Phi) is 7.05. The molecule has 150 valence electrons. The van der Waals surface area contributed by atoms with Gasteiger partial charge in [-0.15, -0.1) is 0 Å². The lowest BCUT2D eigenvalue weighted by Crippen LogP contribution is -2.49. The van der Waals surface area contributed by atoms with E-state index >= 15 is 0 Å². The van der Waals surface area contributed by atoms with E-state index in [-0.39, 0.29) is 17.5 Å². The number of aliphatic imine (C=N–C) groups is 1. The molecule has 0 aromatic heterocycles. The van der Waals surface area contributed by atoms with E-state index < -0.39 is 11.6 Å². The van der Waals surface area contributed by atoms with E-state index in [9.17, 15) is 8.78 Å². The molecule has 1 aromatic carbocycles. The average Bonchev–Trinajstić information content (AvgIpc) is 3.40. The molecule has 1 heterocycles. The van der Waals surface area contributed by atoms with Crippen LogP contribution in [0.25, 0.3) is 0 Å². The van der Waals surface area contributed by atoms with Gasteiger partial charge in [0.05, 0.1) is 0 Å². The Hall–Kier alpha value is -1.69. The maximum atomic E-state index is 14.0. The molecule has 1 aliphatic carbocycles. The lowest BCUT2D eigenvalue weighted by atomic mass is 10.0. The van der Waals surface area contributed by atoms with Gasteiger partial charge in [0.25, 0.3) is 0 Å². The van der Waals surface area contributed by atoms with Crippen LogP contribution in [0.3, 0.4) is 0 Å². The van der Waals surface area contributed by atoms with Gasteiger partial charge in [0.1, 0.15) is 11.6 Å². The van der Waals surface area contributed by atoms with Crippen LogP contribution < -0.4 is 10.6 Å². The number of halogens is 2. The largest absolute Gasteiger partial charge is 0.354 e. The fourth-order valence-electron chi connectivity index (χ4n) is 3.88. The van der Waals surface area contributed by atoms with Crippen molar-refractivity contribution in [3.8, 4) is 0 Å². The van der Waals surface area contributed by atoms with Crippen molar-refractivity contribution in [2.75, 3.05) is 26.2 Å². The molecule has 2 aliphatic rings. The lowest BCUT2D eigenvalue weighted by molar-refractivity contribution is 0.203. The van der Waals surface area contributed by atoms with Crippen LogP contribution in [0.1, 0.15) is 57.4 Å². The number of guanidine groups is 1. The summed E-state index contributed by atoms with van der Waals surface area (Å²) in [5, 5.41) is 6.91. The molecule has 2 N–H and O–H groups in total. The van der Waals surface area contributed by atoms with Gasteiger partial charge in [0.2, 0.25) is 0 Å². The number of unbranched alkanes of at least 4 members (excludes halogenated alkanes) is 1. The zero-order chi connectivity index (χ0) is 19.2. The molecule has 2 atom stereocenters. The molecule has 1 aliphatic heterocycles. The summed E-state index contributed by atoms with van der Waals surface area (Å²) >= 11 is 0. The first kappa shape index (κ1) is 20.1. The number of hydrogen-bond donors (Lipinski definition) is 2. The third kappa shape index (κ3) is 5.41. The molecule has 0 amide bonds. The molecule has 4 nitrogen and oxygen atoms in total. The molecule has 0 radical (unpaired) electrons. The maximum Gasteiger partial charge on any atom is 0.191 e. The molecule has 6 heteroatoms. The highest BCUT2D eigenvalue weighted by molar-refractivity contribution is 5.81. The first-order valence-electron chi connectivity index (χ1n) is 10.4. The number of piperidine rings is 1. The second kappa shape index (κ2) is 9.49. The van der Waals surface area contributed by atoms with Crippen molar-refractivity contribution in [3.63, 3.8) is 0 Å². The van der Waals surface area contributed by atoms with E-state index in [0.29, 0.717) is 12.6 Å². The Bertz CT molecular complexity index is 621. The van der Waals surface area contributed by atoms with E-state index in [1.165, 1.54) is 37.6 Å². The van der Waals surface area contributed by atoms with Gasteiger partial charge < -0.3 is 15.5 Å². The van der Waals surface area contributed by atoms with Crippen LogP contribution in [0.5, 0.6) is 0 Å². The summed E-state index contributed by atoms with van der Waals surface area (Å²) in [6.45, 7) is 8.32. The number of benzene rings is 1. The first-order valence-corrected chi connectivity index (χ1v) is 10.4. The number of hydrogen-bond acceptors (Lipinski definition) is 2. The van der Waals surface area contributed by atoms with Crippen LogP contribution in [0.15, 0.2) is 23.2 Å². The fraction of sp³-hybridized carbons (Fsp3) is 0.667. The van der Waals surface area contributed by atoms with Gasteiger partial charge in [0, 0.05) is 43.2 Å². The van der Waals surface area contributed by atoms with Gasteiger partial charge >= 0.3 is 0 Å². The van der Waals surface area contributed by atoms with Crippen molar-refractivity contribution in [2.24, 2.45) is 4.99 Å². The molecule has 1 saturated carbocycles. The molecule has 0 spiro atoms. The van der Waals surface area contributed by atoms with Crippen LogP contribution in [0.4, 0.5) is 8.78 Å². The highest BCUT2D eigenvalue weighted by Gasteiger charge is 2.42. The SMILES string of the molecule is CCCCN1CCC(NC(=NCC)NC2CC2c2c(F)cccc2F)CC1. The summed E-state index contributed by atoms with van der Waals surface area (Å²) in [4.78, 5) is 7.06. The summed E-state index contributed by atoms with van der Waals surface area (Å²) in [6.07, 6.45) is 5.44. The quantitative estimate of drug-likeness (QED) is 0.562. The number of rotatable bonds is 7. The Morgan fingerprint density at radius 3 is 2.48 bits per heavy atom. The van der Waals surface area contributed by atoms with Gasteiger partial charge in [-0.3, -0.25) is 4.99 Å². The third-order valence-corrected chi connectivity index (χ3v) is 5.56. The molecular formula is C21H32F2N4. The van der Waals surface area contributed by atoms with Crippen molar-refractivity contribution in [1.29, 1.82) is 0 Å². The van der Waals surface area contributed by atoms with Gasteiger partial charge in [0.15, 0.2) is 5.96 Å². The van der Waals surface area contributed by atoms with Crippen molar-refractivity contribution in [3.05, 3.63) is 35.4 Å². The topological polar surface area (TPSA) is 39.7 Å². The van der Waals surface area contributed by atoms with Crippen LogP contribution in [-0.2, 0) is 0 Å². The maximum absolute atomic E-state index is 14.0. The Labute approximate surface area is 161 Å². The minimum Gasteiger partial charge on any atom is -0.354 e. The van der Waals surface area contributed by atoms with E-state index in [4.69, 9.17) is 0 Å². The zero-order valence-corrected chi connectivity index (χ0v) is 16.5. The molecule has 1 saturated heterocycles. The standard InChI is InChI=1S/C21H32F2N4/c1-3-5-11-27-12-9-15(10-13-27)25-21(24-4-2)26-19-14-16(19)20-17(22)7-6-8-18(20)23/h6-8,15-16,19H,3-5,9-14H2,1-2H3,(H2,24,25,26). The second-order valence-corrected chi connectivity index (χ2v) is 7.67. The summed E-state index contributed by atoms with van der Waals surface area (Å²) in [5.74, 6) is -0.254. The predicted octanol–water partition coefficient (Wildman–Crippen LogP) is 3.64. The Morgan fingerprint density at radius 2 is 1.85 bits per heavy atom. The fourth-order valence-corrected chi connectivity index (χ4v) is 3.88. The Balaban J connectivity index is 1.50. The van der Waals surface area contributed by atoms with E-state index in [2.05, 4.69) is 27.4 Å². The van der Waals surface area contributed by atoms with Crippen LogP contribution in [0.2, 0.25) is 0 Å².